The topological polar surface area (TPSA) is 72.9 Å². The molecule has 1 aromatic heterocycles. The van der Waals surface area contributed by atoms with E-state index in [1.54, 1.807) is 24.4 Å². The average molecular weight is 324 g/mol. The molecule has 0 bridgehead atoms. The van der Waals surface area contributed by atoms with E-state index in [9.17, 15) is 4.79 Å². The Hall–Kier alpha value is -2.66. The molecule has 1 saturated heterocycles. The van der Waals surface area contributed by atoms with Crippen molar-refractivity contribution in [1.82, 2.24) is 15.1 Å². The number of nitrogens with one attached hydrogen (secondary N) is 1. The van der Waals surface area contributed by atoms with Crippen LogP contribution in [0.2, 0.25) is 0 Å². The van der Waals surface area contributed by atoms with E-state index in [2.05, 4.69) is 10.4 Å². The zero-order chi connectivity index (χ0) is 20.0. The quantitative estimate of drug-likeness (QED) is 0.778. The van der Waals surface area contributed by atoms with Crippen LogP contribution in [0.4, 0.5) is 0 Å². The molecule has 3 aromatic rings. The summed E-state index contributed by atoms with van der Waals surface area (Å²) >= 11 is 0. The molecule has 4 rings (SSSR count). The van der Waals surface area contributed by atoms with Crippen LogP contribution in [0.3, 0.4) is 0 Å². The number of hydrogen-bond donors (Lipinski definition) is 2. The summed E-state index contributed by atoms with van der Waals surface area (Å²) in [5.41, 5.74) is 6.53. The molecule has 2 aromatic carbocycles. The van der Waals surface area contributed by atoms with Crippen molar-refractivity contribution in [3.8, 4) is 5.69 Å². The van der Waals surface area contributed by atoms with Crippen molar-refractivity contribution in [3.05, 3.63) is 59.7 Å². The molecule has 0 spiro atoms. The Bertz CT molecular complexity index is 1060. The van der Waals surface area contributed by atoms with Gasteiger partial charge in [-0.25, -0.2) is 4.68 Å². The average Bonchev–Trinajstić information content (AvgIpc) is 3.11. The highest BCUT2D eigenvalue weighted by Crippen LogP contribution is 2.25. The molecule has 0 radical (unpaired) electrons. The molecule has 1 amide bonds. The summed E-state index contributed by atoms with van der Waals surface area (Å²) in [5, 5.41) is 8.24. The van der Waals surface area contributed by atoms with Gasteiger partial charge in [0.05, 0.1) is 16.7 Å². The Kier molecular flexibility index (Phi) is 2.79. The van der Waals surface area contributed by atoms with Crippen LogP contribution in [0, 0.1) is 0 Å². The first kappa shape index (κ1) is 11.0. The molecule has 3 N–H and O–H groups in total. The van der Waals surface area contributed by atoms with Crippen molar-refractivity contribution in [2.24, 2.45) is 5.73 Å². The van der Waals surface area contributed by atoms with Crippen LogP contribution < -0.4 is 11.1 Å². The zero-order valence-electron chi connectivity index (χ0n) is 17.1. The minimum Gasteiger partial charge on any atom is -0.366 e. The number of rotatable bonds is 3. The maximum atomic E-state index is 11.7. The molecule has 24 heavy (non-hydrogen) atoms. The Labute approximate surface area is 146 Å². The second-order valence-electron chi connectivity index (χ2n) is 5.99. The normalized spacial score (nSPS) is 20.2. The van der Waals surface area contributed by atoms with Crippen molar-refractivity contribution in [3.63, 3.8) is 0 Å². The third kappa shape index (κ3) is 2.67. The standard InChI is InChI=1S/C19H20N4O/c20-19(24)17-5-1-3-15-12-23(22-18(15)17)16-8-6-13(7-9-16)14-4-2-10-21-11-14/h1,3,5-9,12,14,21H,2,4,10-11H2,(H2,20,24)/i6D,7D,8D,9D. The fourth-order valence-electron chi connectivity index (χ4n) is 3.09. The first-order chi connectivity index (χ1) is 13.4. The van der Waals surface area contributed by atoms with Crippen molar-refractivity contribution in [1.29, 1.82) is 0 Å². The van der Waals surface area contributed by atoms with Crippen LogP contribution in [-0.2, 0) is 0 Å². The van der Waals surface area contributed by atoms with Gasteiger partial charge in [-0.2, -0.15) is 5.10 Å². The highest BCUT2D eigenvalue weighted by molar-refractivity contribution is 6.04. The largest absolute Gasteiger partial charge is 0.366 e. The number of nitrogens with zero attached hydrogens (tertiary/aromatic N) is 2. The molecule has 1 fully saturated rings. The molecule has 0 saturated carbocycles. The van der Waals surface area contributed by atoms with Gasteiger partial charge < -0.3 is 11.1 Å². The number of aromatic nitrogens is 2. The van der Waals surface area contributed by atoms with Gasteiger partial charge in [-0.15, -0.1) is 0 Å². The predicted octanol–water partition coefficient (Wildman–Crippen LogP) is 2.59. The third-order valence-corrected chi connectivity index (χ3v) is 4.37. The second-order valence-corrected chi connectivity index (χ2v) is 5.99. The van der Waals surface area contributed by atoms with E-state index in [1.165, 1.54) is 4.68 Å². The molecule has 5 heteroatoms. The van der Waals surface area contributed by atoms with E-state index in [0.717, 1.165) is 19.4 Å². The Morgan fingerprint density at radius 2 is 2.17 bits per heavy atom. The molecule has 1 unspecified atom stereocenters. The van der Waals surface area contributed by atoms with Gasteiger partial charge >= 0.3 is 0 Å². The van der Waals surface area contributed by atoms with Crippen LogP contribution >= 0.6 is 0 Å². The number of carbonyl (C=O) groups excluding carboxylic acids is 1. The van der Waals surface area contributed by atoms with Crippen molar-refractivity contribution in [2.75, 3.05) is 13.1 Å². The van der Waals surface area contributed by atoms with Crippen LogP contribution in [0.5, 0.6) is 0 Å². The summed E-state index contributed by atoms with van der Waals surface area (Å²) in [6, 6.07) is 4.63. The lowest BCUT2D eigenvalue weighted by atomic mass is 9.92. The predicted molar refractivity (Wildman–Crippen MR) is 94.4 cm³/mol. The molecule has 0 aliphatic carbocycles. The summed E-state index contributed by atoms with van der Waals surface area (Å²) in [7, 11) is 0. The lowest BCUT2D eigenvalue weighted by Gasteiger charge is -2.23. The lowest BCUT2D eigenvalue weighted by Crippen LogP contribution is -2.28. The molecule has 1 aliphatic rings. The first-order valence-electron chi connectivity index (χ1n) is 9.99. The number of piperidine rings is 1. The van der Waals surface area contributed by atoms with Crippen LogP contribution in [0.15, 0.2) is 48.6 Å². The summed E-state index contributed by atoms with van der Waals surface area (Å²) in [5.74, 6) is -0.662. The van der Waals surface area contributed by atoms with E-state index in [0.29, 0.717) is 23.0 Å². The van der Waals surface area contributed by atoms with Crippen LogP contribution in [-0.4, -0.2) is 28.8 Å². The molecule has 1 atom stereocenters. The fraction of sp³-hybridized carbons (Fsp3) is 0.263. The smallest absolute Gasteiger partial charge is 0.250 e. The third-order valence-electron chi connectivity index (χ3n) is 4.37. The van der Waals surface area contributed by atoms with E-state index in [4.69, 9.17) is 11.2 Å². The Morgan fingerprint density at radius 3 is 2.88 bits per heavy atom. The summed E-state index contributed by atoms with van der Waals surface area (Å²) < 4.78 is 35.2. The monoisotopic (exact) mass is 324 g/mol. The van der Waals surface area contributed by atoms with Crippen molar-refractivity contribution < 1.29 is 10.3 Å². The Balaban J connectivity index is 1.90. The minimum absolute atomic E-state index is 0.0422. The first-order valence-corrected chi connectivity index (χ1v) is 7.99. The van der Waals surface area contributed by atoms with Gasteiger partial charge in [0.25, 0.3) is 5.91 Å². The van der Waals surface area contributed by atoms with Crippen molar-refractivity contribution >= 4 is 16.8 Å². The van der Waals surface area contributed by atoms with E-state index < -0.39 is 5.91 Å². The summed E-state index contributed by atoms with van der Waals surface area (Å²) in [6.07, 6.45) is 3.36. The van der Waals surface area contributed by atoms with Gasteiger partial charge in [0.2, 0.25) is 0 Å². The zero-order valence-corrected chi connectivity index (χ0v) is 13.1. The maximum absolute atomic E-state index is 11.7. The number of primary amides is 1. The van der Waals surface area contributed by atoms with E-state index >= 15 is 0 Å². The molecule has 1 aliphatic heterocycles. The fourth-order valence-corrected chi connectivity index (χ4v) is 3.09. The van der Waals surface area contributed by atoms with Crippen molar-refractivity contribution in [2.45, 2.75) is 18.8 Å². The van der Waals surface area contributed by atoms with E-state index in [-0.39, 0.29) is 41.3 Å². The molecular formula is C19H20N4O. The number of hydrogen-bond acceptors (Lipinski definition) is 3. The molecule has 2 heterocycles. The SMILES string of the molecule is [2H]c1c([2H])c(-n2cc3cccc(C(N)=O)c3n2)c([2H])c([2H])c1C1CCCNC1. The number of nitrogens with two attached hydrogens (primary N) is 1. The van der Waals surface area contributed by atoms with Crippen LogP contribution in [0.25, 0.3) is 16.6 Å². The molecule has 5 nitrogen and oxygen atoms in total. The highest BCUT2D eigenvalue weighted by Gasteiger charge is 2.15. The lowest BCUT2D eigenvalue weighted by molar-refractivity contribution is 0.100. The molecular weight excluding hydrogens is 300 g/mol. The number of benzene rings is 2. The number of carbonyl (C=O) groups is 1. The van der Waals surface area contributed by atoms with Gasteiger partial charge in [0.15, 0.2) is 0 Å². The second kappa shape index (κ2) is 6.09. The summed E-state index contributed by atoms with van der Waals surface area (Å²) in [6.45, 7) is 1.54. The summed E-state index contributed by atoms with van der Waals surface area (Å²) in [4.78, 5) is 11.7. The number of amides is 1. The van der Waals surface area contributed by atoms with Gasteiger partial charge in [0.1, 0.15) is 5.52 Å². The minimum atomic E-state index is -0.615. The molecule has 122 valence electrons. The van der Waals surface area contributed by atoms with Gasteiger partial charge in [-0.3, -0.25) is 4.79 Å². The van der Waals surface area contributed by atoms with Crippen LogP contribution in [0.1, 0.15) is 40.2 Å². The number of fused-ring (bicyclic) bond motifs is 1. The Morgan fingerprint density at radius 1 is 1.33 bits per heavy atom. The maximum Gasteiger partial charge on any atom is 0.250 e. The van der Waals surface area contributed by atoms with Gasteiger partial charge in [-0.1, -0.05) is 24.2 Å². The van der Waals surface area contributed by atoms with E-state index in [1.807, 2.05) is 0 Å². The van der Waals surface area contributed by atoms with Gasteiger partial charge in [-0.05, 0) is 49.0 Å². The highest BCUT2D eigenvalue weighted by atomic mass is 16.1. The van der Waals surface area contributed by atoms with Gasteiger partial charge in [0, 0.05) is 18.1 Å².